The zero-order valence-corrected chi connectivity index (χ0v) is 23.5. The van der Waals surface area contributed by atoms with E-state index >= 15 is 0 Å². The Morgan fingerprint density at radius 1 is 0.676 bits per heavy atom. The van der Waals surface area contributed by atoms with Crippen LogP contribution in [0.25, 0.3) is 0 Å². The molecule has 0 aromatic heterocycles. The molecule has 0 bridgehead atoms. The normalized spacial score (nSPS) is 19.8. The van der Waals surface area contributed by atoms with Gasteiger partial charge >= 0.3 is 61.0 Å². The molecule has 0 aromatic rings. The van der Waals surface area contributed by atoms with Gasteiger partial charge in [-0.05, 0) is 55.5 Å². The van der Waals surface area contributed by atoms with Gasteiger partial charge in [0.05, 0.1) is 0 Å². The van der Waals surface area contributed by atoms with Gasteiger partial charge in [-0.1, -0.05) is 65.7 Å². The maximum atomic E-state index is 10.6. The fourth-order valence-corrected chi connectivity index (χ4v) is 9.71. The van der Waals surface area contributed by atoms with E-state index in [1.54, 1.807) is 77.0 Å². The molecule has 3 saturated carbocycles. The molecule has 0 spiro atoms. The van der Waals surface area contributed by atoms with Crippen molar-refractivity contribution in [2.75, 3.05) is 0 Å². The van der Waals surface area contributed by atoms with E-state index in [1.165, 1.54) is 36.2 Å². The molecule has 0 amide bonds. The molecule has 0 radical (unpaired) electrons. The van der Waals surface area contributed by atoms with Gasteiger partial charge in [0, 0.05) is 0 Å². The first kappa shape index (κ1) is 36.4. The van der Waals surface area contributed by atoms with Crippen molar-refractivity contribution in [3.63, 3.8) is 0 Å². The van der Waals surface area contributed by atoms with Gasteiger partial charge in [-0.15, -0.1) is 0 Å². The summed E-state index contributed by atoms with van der Waals surface area (Å²) in [6.07, 6.45) is 15.3. The summed E-state index contributed by atoms with van der Waals surface area (Å²) in [5.41, 5.74) is 3.57. The molecule has 2 N–H and O–H groups in total. The van der Waals surface area contributed by atoms with Crippen molar-refractivity contribution in [3.05, 3.63) is 12.7 Å². The largest absolute Gasteiger partial charge is 0.490 e. The number of carboxylic acid groups (broad SMARTS) is 2. The van der Waals surface area contributed by atoms with E-state index in [4.69, 9.17) is 19.8 Å². The van der Waals surface area contributed by atoms with Crippen LogP contribution < -0.4 is 0 Å². The van der Waals surface area contributed by atoms with E-state index < -0.39 is 24.3 Å². The summed E-state index contributed by atoms with van der Waals surface area (Å²) in [6, 6.07) is 0. The van der Waals surface area contributed by atoms with Gasteiger partial charge < -0.3 is 10.2 Å². The molecule has 37 heavy (non-hydrogen) atoms. The van der Waals surface area contributed by atoms with E-state index in [2.05, 4.69) is 25.8 Å². The van der Waals surface area contributed by atoms with Crippen molar-refractivity contribution >= 4 is 19.9 Å². The second-order valence-electron chi connectivity index (χ2n) is 9.35. The van der Waals surface area contributed by atoms with Crippen molar-refractivity contribution in [1.29, 1.82) is 0 Å². The van der Waals surface area contributed by atoms with E-state index in [0.29, 0.717) is 7.92 Å². The Kier molecular flexibility index (Phi) is 19.1. The molecule has 0 aliphatic heterocycles. The SMILES string of the molecule is C1CCC(P(C2CCCCC2)C2CCCCC2)CC1.C=C[CH2][Pd].O=C(O)C(F)(F)F.O=C(O)C(F)(F)F. The molecule has 0 saturated heterocycles. The number of halogens is 6. The smallest absolute Gasteiger partial charge is 0.475 e. The summed E-state index contributed by atoms with van der Waals surface area (Å²) in [7, 11) is 0.385. The van der Waals surface area contributed by atoms with Gasteiger partial charge in [-0.25, -0.2) is 9.59 Å². The molecule has 0 atom stereocenters. The van der Waals surface area contributed by atoms with Crippen molar-refractivity contribution < 1.29 is 65.3 Å². The van der Waals surface area contributed by atoms with Crippen LogP contribution in [0.15, 0.2) is 12.7 Å². The molecule has 0 aromatic carbocycles. The Hall–Kier alpha value is -0.648. The summed E-state index contributed by atoms with van der Waals surface area (Å²) in [5, 5.41) is 14.2. The molecule has 3 aliphatic rings. The van der Waals surface area contributed by atoms with E-state index in [0.717, 1.165) is 4.89 Å². The third kappa shape index (κ3) is 16.8. The summed E-state index contributed by atoms with van der Waals surface area (Å²) in [4.78, 5) is 18.7. The average molecular weight is 656 g/mol. The van der Waals surface area contributed by atoms with Crippen LogP contribution >= 0.6 is 7.92 Å². The number of hydrogen-bond acceptors (Lipinski definition) is 2. The van der Waals surface area contributed by atoms with Crippen LogP contribution in [0.2, 0.25) is 4.89 Å². The van der Waals surface area contributed by atoms with E-state index in [9.17, 15) is 26.3 Å². The first-order valence-corrected chi connectivity index (χ1v) is 15.4. The van der Waals surface area contributed by atoms with Crippen LogP contribution in [-0.4, -0.2) is 51.5 Å². The molecule has 3 fully saturated rings. The number of carbonyl (C=O) groups is 2. The number of carboxylic acids is 2. The maximum absolute atomic E-state index is 10.6. The standard InChI is InChI=1S/C18H33P.C3H5.2C2HF3O2.Pd/c1-4-10-16(11-5-1)19(17-12-6-2-7-13-17)18-14-8-3-9-15-18;1-3-2;2*3-2(4,5)1(6)7;/h16-18H,1-15H2;3H,1-2H2;2*(H,6,7);. The molecule has 3 rings (SSSR count). The Bertz CT molecular complexity index is 575. The second kappa shape index (κ2) is 19.4. The minimum atomic E-state index is -5.08. The molecule has 3 aliphatic carbocycles. The van der Waals surface area contributed by atoms with Crippen LogP contribution in [0.5, 0.6) is 0 Å². The predicted octanol–water partition coefficient (Wildman–Crippen LogP) is 8.87. The monoisotopic (exact) mass is 655 g/mol. The van der Waals surface area contributed by atoms with Gasteiger partial charge in [0.25, 0.3) is 0 Å². The summed E-state index contributed by atoms with van der Waals surface area (Å²) in [6.45, 7) is 3.44. The van der Waals surface area contributed by atoms with Crippen LogP contribution in [0, 0.1) is 0 Å². The number of alkyl halides is 6. The summed E-state index contributed by atoms with van der Waals surface area (Å²) < 4.78 is 63.5. The topological polar surface area (TPSA) is 74.6 Å². The van der Waals surface area contributed by atoms with Gasteiger partial charge in [-0.2, -0.15) is 26.3 Å². The molecule has 4 nitrogen and oxygen atoms in total. The first-order valence-electron chi connectivity index (χ1n) is 12.8. The molecule has 0 unspecified atom stereocenters. The second-order valence-corrected chi connectivity index (χ2v) is 13.1. The number of rotatable bonds is 4. The maximum Gasteiger partial charge on any atom is 0.490 e. The molecular formula is C25H40F6O4PPd. The van der Waals surface area contributed by atoms with Gasteiger partial charge in [0.15, 0.2) is 0 Å². The van der Waals surface area contributed by atoms with Gasteiger partial charge in [0.2, 0.25) is 0 Å². The average Bonchev–Trinajstić information content (AvgIpc) is 2.86. The van der Waals surface area contributed by atoms with E-state index in [1.807, 2.05) is 6.08 Å². The zero-order chi connectivity index (χ0) is 28.5. The van der Waals surface area contributed by atoms with Crippen LogP contribution in [0.3, 0.4) is 0 Å². The van der Waals surface area contributed by atoms with Gasteiger partial charge in [0.1, 0.15) is 0 Å². The molecule has 221 valence electrons. The number of aliphatic carboxylic acids is 2. The van der Waals surface area contributed by atoms with Crippen molar-refractivity contribution in [2.24, 2.45) is 0 Å². The zero-order valence-electron chi connectivity index (χ0n) is 21.1. The van der Waals surface area contributed by atoms with Crippen LogP contribution in [-0.2, 0) is 28.8 Å². The van der Waals surface area contributed by atoms with Crippen molar-refractivity contribution in [1.82, 2.24) is 0 Å². The molecular weight excluding hydrogens is 616 g/mol. The fourth-order valence-electron chi connectivity index (χ4n) is 5.03. The fraction of sp³-hybridized carbons (Fsp3) is 0.840. The van der Waals surface area contributed by atoms with Crippen LogP contribution in [0.1, 0.15) is 96.3 Å². The number of allylic oxidation sites excluding steroid dienone is 1. The first-order chi connectivity index (χ1) is 17.3. The van der Waals surface area contributed by atoms with Gasteiger partial charge in [-0.3, -0.25) is 0 Å². The van der Waals surface area contributed by atoms with Crippen molar-refractivity contribution in [3.8, 4) is 0 Å². The third-order valence-corrected chi connectivity index (χ3v) is 11.1. The Morgan fingerprint density at radius 3 is 1.00 bits per heavy atom. The van der Waals surface area contributed by atoms with Crippen LogP contribution in [0.4, 0.5) is 26.3 Å². The Morgan fingerprint density at radius 2 is 0.865 bits per heavy atom. The predicted molar refractivity (Wildman–Crippen MR) is 130 cm³/mol. The minimum absolute atomic E-state index is 0.385. The Balaban J connectivity index is 0.000000597. The summed E-state index contributed by atoms with van der Waals surface area (Å²) in [5.74, 6) is -5.51. The molecule has 12 heteroatoms. The quantitative estimate of drug-likeness (QED) is 0.137. The molecule has 0 heterocycles. The minimum Gasteiger partial charge on any atom is -0.475 e. The Labute approximate surface area is 228 Å². The van der Waals surface area contributed by atoms with E-state index in [-0.39, 0.29) is 0 Å². The number of hydrogen-bond donors (Lipinski definition) is 2. The third-order valence-electron chi connectivity index (χ3n) is 6.57. The summed E-state index contributed by atoms with van der Waals surface area (Å²) >= 11 is 2.92. The van der Waals surface area contributed by atoms with Crippen molar-refractivity contribution in [2.45, 2.75) is 131 Å².